The third kappa shape index (κ3) is 3.12. The highest BCUT2D eigenvalue weighted by Gasteiger charge is 2.43. The van der Waals surface area contributed by atoms with Crippen molar-refractivity contribution in [2.45, 2.75) is 31.1 Å². The molecule has 2 aliphatic carbocycles. The number of allylic oxidation sites excluding steroid dienone is 1. The van der Waals surface area contributed by atoms with Crippen LogP contribution in [0.15, 0.2) is 90.5 Å². The molecular weight excluding hydrogens is 384 g/mol. The van der Waals surface area contributed by atoms with Crippen molar-refractivity contribution in [2.24, 2.45) is 5.92 Å². The van der Waals surface area contributed by atoms with Crippen LogP contribution in [0.1, 0.15) is 52.7 Å². The van der Waals surface area contributed by atoms with Gasteiger partial charge in [-0.1, -0.05) is 84.9 Å². The number of aliphatic hydroxyl groups excluding tert-OH is 1. The lowest BCUT2D eigenvalue weighted by Crippen LogP contribution is -2.36. The van der Waals surface area contributed by atoms with Gasteiger partial charge in [0.15, 0.2) is 0 Å². The van der Waals surface area contributed by atoms with Crippen LogP contribution in [0, 0.1) is 5.92 Å². The van der Waals surface area contributed by atoms with Gasteiger partial charge in [-0.3, -0.25) is 9.59 Å². The number of Topliss-reactive ketones (excluding diaryl/α,β-unsaturated/α-hetero) is 2. The number of hydrogen-bond acceptors (Lipinski definition) is 3. The van der Waals surface area contributed by atoms with Crippen LogP contribution in [0.3, 0.4) is 0 Å². The van der Waals surface area contributed by atoms with Gasteiger partial charge in [-0.05, 0) is 42.7 Å². The molecule has 0 aliphatic heterocycles. The van der Waals surface area contributed by atoms with E-state index >= 15 is 0 Å². The first-order valence-corrected chi connectivity index (χ1v) is 10.8. The molecule has 0 atom stereocenters. The summed E-state index contributed by atoms with van der Waals surface area (Å²) in [6.45, 7) is 0. The number of aliphatic hydroxyl groups is 1. The molecule has 31 heavy (non-hydrogen) atoms. The van der Waals surface area contributed by atoms with Gasteiger partial charge in [0, 0.05) is 22.1 Å². The number of benzene rings is 3. The Balaban J connectivity index is 1.52. The Kier molecular flexibility index (Phi) is 4.82. The van der Waals surface area contributed by atoms with E-state index in [1.54, 1.807) is 24.3 Å². The minimum Gasteiger partial charge on any atom is -0.507 e. The van der Waals surface area contributed by atoms with E-state index < -0.39 is 11.6 Å². The normalized spacial score (nSPS) is 18.7. The summed E-state index contributed by atoms with van der Waals surface area (Å²) in [6, 6.07) is 27.9. The lowest BCUT2D eigenvalue weighted by atomic mass is 9.61. The fourth-order valence-corrected chi connectivity index (χ4v) is 5.42. The minimum absolute atomic E-state index is 0.0166. The third-order valence-electron chi connectivity index (χ3n) is 7.03. The molecule has 0 amide bonds. The molecule has 0 bridgehead atoms. The quantitative estimate of drug-likeness (QED) is 0.549. The number of carbonyl (C=O) groups excluding carboxylic acids is 2. The summed E-state index contributed by atoms with van der Waals surface area (Å²) >= 11 is 0. The molecule has 0 radical (unpaired) electrons. The average Bonchev–Trinajstić information content (AvgIpc) is 2.84. The highest BCUT2D eigenvalue weighted by Crippen LogP contribution is 2.49. The Bertz CT molecular complexity index is 1130. The van der Waals surface area contributed by atoms with Gasteiger partial charge in [-0.15, -0.1) is 0 Å². The Morgan fingerprint density at radius 3 is 1.68 bits per heavy atom. The van der Waals surface area contributed by atoms with E-state index in [1.807, 2.05) is 12.1 Å². The van der Waals surface area contributed by atoms with E-state index in [0.717, 1.165) is 25.7 Å². The predicted molar refractivity (Wildman–Crippen MR) is 121 cm³/mol. The smallest absolute Gasteiger partial charge is 0.234 e. The third-order valence-corrected chi connectivity index (χ3v) is 7.03. The van der Waals surface area contributed by atoms with Crippen molar-refractivity contribution in [3.63, 3.8) is 0 Å². The number of hydrogen-bond donors (Lipinski definition) is 1. The lowest BCUT2D eigenvalue weighted by Gasteiger charge is -2.42. The van der Waals surface area contributed by atoms with Crippen molar-refractivity contribution in [2.75, 3.05) is 0 Å². The van der Waals surface area contributed by atoms with Gasteiger partial charge in [0.1, 0.15) is 5.76 Å². The van der Waals surface area contributed by atoms with Crippen molar-refractivity contribution in [1.29, 1.82) is 0 Å². The van der Waals surface area contributed by atoms with E-state index in [0.29, 0.717) is 16.7 Å². The first-order valence-electron chi connectivity index (χ1n) is 10.8. The molecule has 154 valence electrons. The molecule has 1 saturated carbocycles. The van der Waals surface area contributed by atoms with Crippen LogP contribution < -0.4 is 0 Å². The first kappa shape index (κ1) is 19.5. The topological polar surface area (TPSA) is 54.4 Å². The molecule has 1 N–H and O–H groups in total. The largest absolute Gasteiger partial charge is 0.507 e. The summed E-state index contributed by atoms with van der Waals surface area (Å²) in [7, 11) is 0. The minimum atomic E-state index is -0.548. The number of fused-ring (bicyclic) bond motifs is 1. The molecule has 3 nitrogen and oxygen atoms in total. The maximum atomic E-state index is 12.9. The van der Waals surface area contributed by atoms with Crippen LogP contribution in [0.4, 0.5) is 0 Å². The SMILES string of the molecule is O=C1C(=O)c2ccccc2C(O)=C1C1CCC(c2ccccc2)(c2ccccc2)CC1. The highest BCUT2D eigenvalue weighted by molar-refractivity contribution is 6.52. The molecule has 0 spiro atoms. The summed E-state index contributed by atoms with van der Waals surface area (Å²) in [5.41, 5.74) is 3.49. The second-order valence-corrected chi connectivity index (χ2v) is 8.55. The van der Waals surface area contributed by atoms with E-state index in [4.69, 9.17) is 0 Å². The molecule has 3 aromatic rings. The summed E-state index contributed by atoms with van der Waals surface area (Å²) in [6.07, 6.45) is 3.19. The predicted octanol–water partition coefficient (Wildman–Crippen LogP) is 5.90. The van der Waals surface area contributed by atoms with Crippen LogP contribution in [0.5, 0.6) is 0 Å². The number of ketones is 2. The highest BCUT2D eigenvalue weighted by atomic mass is 16.3. The second-order valence-electron chi connectivity index (χ2n) is 8.55. The molecule has 0 saturated heterocycles. The Hall–Kier alpha value is -3.46. The van der Waals surface area contributed by atoms with Crippen molar-refractivity contribution in [3.05, 3.63) is 113 Å². The summed E-state index contributed by atoms with van der Waals surface area (Å²) in [4.78, 5) is 25.6. The van der Waals surface area contributed by atoms with Gasteiger partial charge >= 0.3 is 0 Å². The molecule has 5 rings (SSSR count). The van der Waals surface area contributed by atoms with Crippen LogP contribution >= 0.6 is 0 Å². The number of carbonyl (C=O) groups is 2. The van der Waals surface area contributed by atoms with E-state index in [-0.39, 0.29) is 17.1 Å². The zero-order valence-corrected chi connectivity index (χ0v) is 17.3. The van der Waals surface area contributed by atoms with Crippen molar-refractivity contribution < 1.29 is 14.7 Å². The van der Waals surface area contributed by atoms with Crippen molar-refractivity contribution in [3.8, 4) is 0 Å². The van der Waals surface area contributed by atoms with Gasteiger partial charge in [-0.25, -0.2) is 0 Å². The fourth-order valence-electron chi connectivity index (χ4n) is 5.42. The molecule has 3 heteroatoms. The molecule has 2 aliphatic rings. The van der Waals surface area contributed by atoms with E-state index in [1.165, 1.54) is 11.1 Å². The van der Waals surface area contributed by atoms with Gasteiger partial charge in [0.25, 0.3) is 0 Å². The zero-order valence-electron chi connectivity index (χ0n) is 17.3. The first-order chi connectivity index (χ1) is 15.1. The van der Waals surface area contributed by atoms with Crippen LogP contribution in [0.2, 0.25) is 0 Å². The second kappa shape index (κ2) is 7.66. The molecular formula is C28H24O3. The monoisotopic (exact) mass is 408 g/mol. The Morgan fingerprint density at radius 2 is 1.13 bits per heavy atom. The molecule has 3 aromatic carbocycles. The molecule has 0 heterocycles. The van der Waals surface area contributed by atoms with E-state index in [2.05, 4.69) is 48.5 Å². The Morgan fingerprint density at radius 1 is 0.645 bits per heavy atom. The van der Waals surface area contributed by atoms with Crippen LogP contribution in [-0.4, -0.2) is 16.7 Å². The maximum Gasteiger partial charge on any atom is 0.234 e. The average molecular weight is 408 g/mol. The number of rotatable bonds is 3. The summed E-state index contributed by atoms with van der Waals surface area (Å²) < 4.78 is 0. The Labute approximate surface area is 182 Å². The fraction of sp³-hybridized carbons (Fsp3) is 0.214. The lowest BCUT2D eigenvalue weighted by molar-refractivity contribution is -0.112. The van der Waals surface area contributed by atoms with E-state index in [9.17, 15) is 14.7 Å². The van der Waals surface area contributed by atoms with Gasteiger partial charge < -0.3 is 5.11 Å². The van der Waals surface area contributed by atoms with Gasteiger partial charge in [0.05, 0.1) is 0 Å². The van der Waals surface area contributed by atoms with Crippen molar-refractivity contribution >= 4 is 17.3 Å². The van der Waals surface area contributed by atoms with Gasteiger partial charge in [0.2, 0.25) is 11.6 Å². The van der Waals surface area contributed by atoms with Gasteiger partial charge in [-0.2, -0.15) is 0 Å². The molecule has 0 unspecified atom stereocenters. The van der Waals surface area contributed by atoms with Crippen LogP contribution in [0.25, 0.3) is 5.76 Å². The zero-order chi connectivity index (χ0) is 21.4. The van der Waals surface area contributed by atoms with Crippen LogP contribution in [-0.2, 0) is 10.2 Å². The molecule has 0 aromatic heterocycles. The summed E-state index contributed by atoms with van der Waals surface area (Å²) in [5.74, 6) is -1.19. The standard InChI is InChI=1S/C28H24O3/c29-25-22-13-7-8-14-23(22)26(30)27(31)24(25)19-15-17-28(18-16-19,20-9-3-1-4-10-20)21-11-5-2-6-12-21/h1-14,19,29H,15-18H2. The molecule has 1 fully saturated rings. The van der Waals surface area contributed by atoms with Crippen molar-refractivity contribution in [1.82, 2.24) is 0 Å². The summed E-state index contributed by atoms with van der Waals surface area (Å²) in [5, 5.41) is 10.9. The maximum absolute atomic E-state index is 12.9.